The van der Waals surface area contributed by atoms with Crippen LogP contribution in [0.4, 0.5) is 0 Å². The number of nitrogens with one attached hydrogen (secondary N) is 1. The molecule has 1 fully saturated rings. The van der Waals surface area contributed by atoms with E-state index in [9.17, 15) is 5.11 Å². The van der Waals surface area contributed by atoms with Crippen LogP contribution in [-0.4, -0.2) is 74.3 Å². The van der Waals surface area contributed by atoms with Gasteiger partial charge in [0.15, 0.2) is 0 Å². The second kappa shape index (κ2) is 8.07. The Bertz CT molecular complexity index is 213. The molecule has 1 saturated heterocycles. The van der Waals surface area contributed by atoms with Crippen LogP contribution in [0.1, 0.15) is 20.8 Å². The van der Waals surface area contributed by atoms with Gasteiger partial charge in [0.2, 0.25) is 0 Å². The van der Waals surface area contributed by atoms with Gasteiger partial charge in [0, 0.05) is 32.7 Å². The molecule has 1 heterocycles. The summed E-state index contributed by atoms with van der Waals surface area (Å²) < 4.78 is 10.8. The van der Waals surface area contributed by atoms with Gasteiger partial charge in [0.1, 0.15) is 0 Å². The minimum Gasteiger partial charge on any atom is -0.389 e. The average Bonchev–Trinajstić information content (AvgIpc) is 2.33. The van der Waals surface area contributed by atoms with Crippen LogP contribution in [0.15, 0.2) is 0 Å². The smallest absolute Gasteiger partial charge is 0.0897 e. The van der Waals surface area contributed by atoms with Crippen LogP contribution in [0.3, 0.4) is 0 Å². The Balaban J connectivity index is 1.96. The van der Waals surface area contributed by atoms with Crippen LogP contribution in [0.5, 0.6) is 0 Å². The topological polar surface area (TPSA) is 54.0 Å². The fraction of sp³-hybridized carbons (Fsp3) is 1.00. The summed E-state index contributed by atoms with van der Waals surface area (Å²) in [6.07, 6.45) is -0.436. The van der Waals surface area contributed by atoms with E-state index in [0.717, 1.165) is 39.4 Å². The van der Waals surface area contributed by atoms with E-state index >= 15 is 0 Å². The van der Waals surface area contributed by atoms with Crippen molar-refractivity contribution in [3.8, 4) is 0 Å². The molecule has 1 unspecified atom stereocenters. The number of aliphatic hydroxyl groups is 1. The molecule has 2 N–H and O–H groups in total. The highest BCUT2D eigenvalue weighted by Crippen LogP contribution is 2.06. The third-order valence-corrected chi connectivity index (χ3v) is 2.80. The lowest BCUT2D eigenvalue weighted by Crippen LogP contribution is -2.42. The summed E-state index contributed by atoms with van der Waals surface area (Å²) in [7, 11) is 0. The molecule has 0 aromatic rings. The van der Waals surface area contributed by atoms with E-state index in [4.69, 9.17) is 9.47 Å². The van der Waals surface area contributed by atoms with Gasteiger partial charge >= 0.3 is 0 Å². The Hall–Kier alpha value is -0.200. The van der Waals surface area contributed by atoms with E-state index in [1.807, 2.05) is 20.8 Å². The molecule has 0 spiro atoms. The molecule has 0 aromatic heterocycles. The highest BCUT2D eigenvalue weighted by Gasteiger charge is 2.13. The lowest BCUT2D eigenvalue weighted by Gasteiger charge is -2.27. The van der Waals surface area contributed by atoms with Gasteiger partial charge in [-0.3, -0.25) is 4.90 Å². The van der Waals surface area contributed by atoms with Crippen molar-refractivity contribution in [2.45, 2.75) is 32.5 Å². The Kier molecular flexibility index (Phi) is 7.11. The van der Waals surface area contributed by atoms with Crippen LogP contribution >= 0.6 is 0 Å². The largest absolute Gasteiger partial charge is 0.389 e. The van der Waals surface area contributed by atoms with Crippen LogP contribution < -0.4 is 5.32 Å². The second-order valence-electron chi connectivity index (χ2n) is 5.74. The zero-order chi connectivity index (χ0) is 13.4. The summed E-state index contributed by atoms with van der Waals surface area (Å²) >= 11 is 0. The second-order valence-corrected chi connectivity index (χ2v) is 5.74. The molecular weight excluding hydrogens is 232 g/mol. The SMILES string of the molecule is CC(C)(C)OCC(O)CNCCN1CCOCC1. The summed E-state index contributed by atoms with van der Waals surface area (Å²) in [6.45, 7) is 12.5. The van der Waals surface area contributed by atoms with E-state index in [-0.39, 0.29) is 5.60 Å². The minimum atomic E-state index is -0.436. The summed E-state index contributed by atoms with van der Waals surface area (Å²) in [5, 5.41) is 13.0. The lowest BCUT2D eigenvalue weighted by atomic mass is 10.2. The molecular formula is C13H28N2O3. The maximum Gasteiger partial charge on any atom is 0.0897 e. The van der Waals surface area contributed by atoms with Crippen molar-refractivity contribution >= 4 is 0 Å². The predicted molar refractivity (Wildman–Crippen MR) is 71.8 cm³/mol. The van der Waals surface area contributed by atoms with Gasteiger partial charge in [-0.2, -0.15) is 0 Å². The number of hydrogen-bond donors (Lipinski definition) is 2. The molecule has 1 aliphatic heterocycles. The molecule has 0 amide bonds. The van der Waals surface area contributed by atoms with Crippen molar-refractivity contribution in [1.29, 1.82) is 0 Å². The number of rotatable bonds is 7. The highest BCUT2D eigenvalue weighted by atomic mass is 16.5. The fourth-order valence-corrected chi connectivity index (χ4v) is 1.74. The van der Waals surface area contributed by atoms with Crippen molar-refractivity contribution in [3.63, 3.8) is 0 Å². The van der Waals surface area contributed by atoms with E-state index in [0.29, 0.717) is 13.2 Å². The third-order valence-electron chi connectivity index (χ3n) is 2.80. The first-order valence-corrected chi connectivity index (χ1v) is 6.80. The number of ether oxygens (including phenoxy) is 2. The van der Waals surface area contributed by atoms with E-state index in [1.165, 1.54) is 0 Å². The Morgan fingerprint density at radius 1 is 1.33 bits per heavy atom. The number of aliphatic hydroxyl groups excluding tert-OH is 1. The monoisotopic (exact) mass is 260 g/mol. The van der Waals surface area contributed by atoms with Crippen molar-refractivity contribution < 1.29 is 14.6 Å². The first kappa shape index (κ1) is 15.9. The molecule has 108 valence electrons. The maximum absolute atomic E-state index is 9.73. The number of hydrogen-bond acceptors (Lipinski definition) is 5. The highest BCUT2D eigenvalue weighted by molar-refractivity contribution is 4.66. The first-order valence-electron chi connectivity index (χ1n) is 6.80. The number of nitrogens with zero attached hydrogens (tertiary/aromatic N) is 1. The maximum atomic E-state index is 9.73. The van der Waals surface area contributed by atoms with Gasteiger partial charge in [-0.15, -0.1) is 0 Å². The molecule has 5 nitrogen and oxygen atoms in total. The van der Waals surface area contributed by atoms with Gasteiger partial charge < -0.3 is 19.9 Å². The molecule has 5 heteroatoms. The van der Waals surface area contributed by atoms with E-state index in [2.05, 4.69) is 10.2 Å². The van der Waals surface area contributed by atoms with Gasteiger partial charge in [0.05, 0.1) is 31.5 Å². The molecule has 1 aliphatic rings. The van der Waals surface area contributed by atoms with Crippen molar-refractivity contribution in [1.82, 2.24) is 10.2 Å². The Morgan fingerprint density at radius 3 is 2.61 bits per heavy atom. The Labute approximate surface area is 110 Å². The molecule has 0 bridgehead atoms. The predicted octanol–water partition coefficient (Wildman–Crippen LogP) is 0.0842. The molecule has 1 atom stereocenters. The molecule has 0 aliphatic carbocycles. The van der Waals surface area contributed by atoms with Crippen molar-refractivity contribution in [2.75, 3.05) is 52.5 Å². The standard InChI is InChI=1S/C13H28N2O3/c1-13(2,3)18-11-12(16)10-14-4-5-15-6-8-17-9-7-15/h12,14,16H,4-11H2,1-3H3. The van der Waals surface area contributed by atoms with Gasteiger partial charge in [-0.1, -0.05) is 0 Å². The van der Waals surface area contributed by atoms with Crippen LogP contribution in [-0.2, 0) is 9.47 Å². The van der Waals surface area contributed by atoms with E-state index in [1.54, 1.807) is 0 Å². The fourth-order valence-electron chi connectivity index (χ4n) is 1.74. The van der Waals surface area contributed by atoms with Crippen LogP contribution in [0, 0.1) is 0 Å². The first-order chi connectivity index (χ1) is 8.47. The lowest BCUT2D eigenvalue weighted by molar-refractivity contribution is -0.0479. The average molecular weight is 260 g/mol. The van der Waals surface area contributed by atoms with E-state index < -0.39 is 6.10 Å². The number of morpholine rings is 1. The molecule has 18 heavy (non-hydrogen) atoms. The van der Waals surface area contributed by atoms with Crippen molar-refractivity contribution in [3.05, 3.63) is 0 Å². The quantitative estimate of drug-likeness (QED) is 0.635. The third kappa shape index (κ3) is 8.00. The zero-order valence-electron chi connectivity index (χ0n) is 11.9. The van der Waals surface area contributed by atoms with Crippen molar-refractivity contribution in [2.24, 2.45) is 0 Å². The summed E-state index contributed by atoms with van der Waals surface area (Å²) in [6, 6.07) is 0. The molecule has 0 radical (unpaired) electrons. The van der Waals surface area contributed by atoms with Gasteiger partial charge in [-0.25, -0.2) is 0 Å². The summed E-state index contributed by atoms with van der Waals surface area (Å²) in [5.41, 5.74) is -0.186. The van der Waals surface area contributed by atoms with Gasteiger partial charge in [-0.05, 0) is 20.8 Å². The molecule has 0 saturated carbocycles. The van der Waals surface area contributed by atoms with Gasteiger partial charge in [0.25, 0.3) is 0 Å². The summed E-state index contributed by atoms with van der Waals surface area (Å²) in [5.74, 6) is 0. The zero-order valence-corrected chi connectivity index (χ0v) is 11.9. The summed E-state index contributed by atoms with van der Waals surface area (Å²) in [4.78, 5) is 2.37. The Morgan fingerprint density at radius 2 is 2.00 bits per heavy atom. The molecule has 1 rings (SSSR count). The van der Waals surface area contributed by atoms with Crippen LogP contribution in [0.25, 0.3) is 0 Å². The minimum absolute atomic E-state index is 0.186. The molecule has 0 aromatic carbocycles. The normalized spacial score (nSPS) is 20.0. The van der Waals surface area contributed by atoms with Crippen LogP contribution in [0.2, 0.25) is 0 Å².